The molecule has 10 heteroatoms. The Morgan fingerprint density at radius 1 is 1.00 bits per heavy atom. The van der Waals surface area contributed by atoms with Gasteiger partial charge in [-0.1, -0.05) is 55.6 Å². The van der Waals surface area contributed by atoms with Crippen LogP contribution in [0.1, 0.15) is 44.6 Å². The third kappa shape index (κ3) is 8.66. The summed E-state index contributed by atoms with van der Waals surface area (Å²) in [5, 5.41) is 3.29. The van der Waals surface area contributed by atoms with Crippen LogP contribution in [-0.2, 0) is 16.1 Å². The first-order valence-electron chi connectivity index (χ1n) is 14.0. The normalized spacial score (nSPS) is 15.9. The molecule has 2 amide bonds. The number of thioether (sulfide) groups is 1. The molecule has 1 saturated heterocycles. The minimum Gasteiger partial charge on any atom is -0.494 e. The molecular formula is C32H36ClN3O5S. The molecule has 3 aromatic rings. The number of unbranched alkanes of at least 4 members (excludes halogenated alkanes) is 3. The van der Waals surface area contributed by atoms with Crippen molar-refractivity contribution >= 4 is 51.7 Å². The number of ether oxygens (including phenoxy) is 3. The van der Waals surface area contributed by atoms with Gasteiger partial charge >= 0.3 is 0 Å². The summed E-state index contributed by atoms with van der Waals surface area (Å²) < 4.78 is 16.6. The fraction of sp³-hybridized carbons (Fsp3) is 0.344. The monoisotopic (exact) mass is 609 g/mol. The largest absolute Gasteiger partial charge is 0.494 e. The van der Waals surface area contributed by atoms with Gasteiger partial charge in [-0.25, -0.2) is 4.99 Å². The summed E-state index contributed by atoms with van der Waals surface area (Å²) in [6.45, 7) is 3.11. The van der Waals surface area contributed by atoms with E-state index in [9.17, 15) is 9.59 Å². The van der Waals surface area contributed by atoms with Crippen LogP contribution in [0.15, 0.2) is 71.7 Å². The highest BCUT2D eigenvalue weighted by Gasteiger charge is 2.36. The molecule has 42 heavy (non-hydrogen) atoms. The zero-order valence-corrected chi connectivity index (χ0v) is 25.7. The molecule has 0 bridgehead atoms. The Morgan fingerprint density at radius 2 is 1.74 bits per heavy atom. The summed E-state index contributed by atoms with van der Waals surface area (Å²) in [7, 11) is 3.14. The number of nitrogens with zero attached hydrogens (tertiary/aromatic N) is 2. The number of hydrogen-bond donors (Lipinski definition) is 1. The lowest BCUT2D eigenvalue weighted by Gasteiger charge is -2.32. The van der Waals surface area contributed by atoms with Crippen molar-refractivity contribution in [2.45, 2.75) is 50.8 Å². The predicted molar refractivity (Wildman–Crippen MR) is 169 cm³/mol. The van der Waals surface area contributed by atoms with E-state index in [1.54, 1.807) is 61.6 Å². The molecule has 1 atom stereocenters. The van der Waals surface area contributed by atoms with E-state index in [0.29, 0.717) is 39.7 Å². The van der Waals surface area contributed by atoms with E-state index in [1.807, 2.05) is 24.3 Å². The van der Waals surface area contributed by atoms with Gasteiger partial charge in [0.15, 0.2) is 16.7 Å². The molecule has 0 aromatic heterocycles. The third-order valence-electron chi connectivity index (χ3n) is 6.66. The molecule has 1 N–H and O–H groups in total. The van der Waals surface area contributed by atoms with Gasteiger partial charge in [-0.05, 0) is 72.6 Å². The molecule has 1 aliphatic heterocycles. The second-order valence-corrected chi connectivity index (χ2v) is 11.4. The van der Waals surface area contributed by atoms with Crippen molar-refractivity contribution in [1.82, 2.24) is 4.90 Å². The standard InChI is InChI=1S/C32H36ClN3O5S/c1-4-5-6-7-18-41-26-15-13-24(14-16-26)34-31(38)29-20-30(37)36(21-22-8-17-27(39-2)28(19-22)40-3)32(42-29)35-25-11-9-23(33)10-12-25/h8-17,19,29H,4-7,18,20-21H2,1-3H3,(H,34,38). The van der Waals surface area contributed by atoms with E-state index in [-0.39, 0.29) is 24.8 Å². The van der Waals surface area contributed by atoms with Crippen molar-refractivity contribution in [2.24, 2.45) is 4.99 Å². The maximum atomic E-state index is 13.5. The number of hydrogen-bond acceptors (Lipinski definition) is 7. The lowest BCUT2D eigenvalue weighted by molar-refractivity contribution is -0.129. The van der Waals surface area contributed by atoms with Crippen LogP contribution in [0.5, 0.6) is 17.2 Å². The summed E-state index contributed by atoms with van der Waals surface area (Å²) in [6, 6.07) is 19.8. The van der Waals surface area contributed by atoms with Crippen molar-refractivity contribution in [2.75, 3.05) is 26.1 Å². The van der Waals surface area contributed by atoms with E-state index in [2.05, 4.69) is 12.2 Å². The molecule has 0 saturated carbocycles. The maximum Gasteiger partial charge on any atom is 0.238 e. The Labute approximate surface area is 256 Å². The van der Waals surface area contributed by atoms with Crippen LogP contribution < -0.4 is 19.5 Å². The van der Waals surface area contributed by atoms with Crippen LogP contribution in [0.3, 0.4) is 0 Å². The number of anilines is 1. The lowest BCUT2D eigenvalue weighted by Crippen LogP contribution is -2.44. The Bertz CT molecular complexity index is 1380. The Balaban J connectivity index is 1.47. The molecular weight excluding hydrogens is 574 g/mol. The average molecular weight is 610 g/mol. The second kappa shape index (κ2) is 15.5. The molecule has 1 heterocycles. The van der Waals surface area contributed by atoms with Gasteiger partial charge in [-0.2, -0.15) is 0 Å². The molecule has 222 valence electrons. The lowest BCUT2D eigenvalue weighted by atomic mass is 10.1. The fourth-order valence-corrected chi connectivity index (χ4v) is 5.58. The zero-order chi connectivity index (χ0) is 29.9. The summed E-state index contributed by atoms with van der Waals surface area (Å²) in [4.78, 5) is 33.1. The average Bonchev–Trinajstić information content (AvgIpc) is 3.00. The molecule has 1 fully saturated rings. The summed E-state index contributed by atoms with van der Waals surface area (Å²) in [5.41, 5.74) is 2.09. The molecule has 1 unspecified atom stereocenters. The molecule has 8 nitrogen and oxygen atoms in total. The van der Waals surface area contributed by atoms with Crippen molar-refractivity contribution in [1.29, 1.82) is 0 Å². The van der Waals surface area contributed by atoms with Crippen LogP contribution in [0.25, 0.3) is 0 Å². The number of amidine groups is 1. The van der Waals surface area contributed by atoms with E-state index in [0.717, 1.165) is 24.2 Å². The molecule has 3 aromatic carbocycles. The van der Waals surface area contributed by atoms with E-state index in [4.69, 9.17) is 30.8 Å². The number of benzene rings is 3. The van der Waals surface area contributed by atoms with E-state index in [1.165, 1.54) is 24.6 Å². The minimum atomic E-state index is -0.653. The van der Waals surface area contributed by atoms with Gasteiger partial charge in [0.05, 0.1) is 33.1 Å². The van der Waals surface area contributed by atoms with Crippen LogP contribution in [0.2, 0.25) is 5.02 Å². The van der Waals surface area contributed by atoms with Crippen molar-refractivity contribution in [3.05, 3.63) is 77.3 Å². The van der Waals surface area contributed by atoms with Gasteiger partial charge < -0.3 is 19.5 Å². The highest BCUT2D eigenvalue weighted by atomic mass is 35.5. The smallest absolute Gasteiger partial charge is 0.238 e. The Morgan fingerprint density at radius 3 is 2.43 bits per heavy atom. The molecule has 0 spiro atoms. The number of aliphatic imine (C=N–C) groups is 1. The van der Waals surface area contributed by atoms with Gasteiger partial charge in [0, 0.05) is 17.1 Å². The van der Waals surface area contributed by atoms with E-state index >= 15 is 0 Å². The number of carbonyl (C=O) groups excluding carboxylic acids is 2. The van der Waals surface area contributed by atoms with Crippen LogP contribution >= 0.6 is 23.4 Å². The number of methoxy groups -OCH3 is 2. The highest BCUT2D eigenvalue weighted by Crippen LogP contribution is 2.33. The number of amides is 2. The number of nitrogens with one attached hydrogen (secondary N) is 1. The molecule has 4 rings (SSSR count). The molecule has 0 radical (unpaired) electrons. The molecule has 0 aliphatic carbocycles. The quantitative estimate of drug-likeness (QED) is 0.202. The SMILES string of the molecule is CCCCCCOc1ccc(NC(=O)C2CC(=O)N(Cc3ccc(OC)c(OC)c3)C(=Nc3ccc(Cl)cc3)S2)cc1. The topological polar surface area (TPSA) is 89.5 Å². The molecule has 1 aliphatic rings. The van der Waals surface area contributed by atoms with E-state index < -0.39 is 5.25 Å². The number of rotatable bonds is 13. The van der Waals surface area contributed by atoms with Gasteiger partial charge in [0.1, 0.15) is 11.0 Å². The van der Waals surface area contributed by atoms with Gasteiger partial charge in [-0.3, -0.25) is 14.5 Å². The van der Waals surface area contributed by atoms with Crippen molar-refractivity contribution in [3.63, 3.8) is 0 Å². The van der Waals surface area contributed by atoms with Gasteiger partial charge in [-0.15, -0.1) is 0 Å². The van der Waals surface area contributed by atoms with Crippen LogP contribution in [-0.4, -0.2) is 48.0 Å². The summed E-state index contributed by atoms with van der Waals surface area (Å²) in [6.07, 6.45) is 4.59. The first-order valence-corrected chi connectivity index (χ1v) is 15.2. The Hall–Kier alpha value is -3.69. The van der Waals surface area contributed by atoms with Crippen molar-refractivity contribution < 1.29 is 23.8 Å². The number of halogens is 1. The maximum absolute atomic E-state index is 13.5. The fourth-order valence-electron chi connectivity index (χ4n) is 4.36. The zero-order valence-electron chi connectivity index (χ0n) is 24.1. The van der Waals surface area contributed by atoms with Crippen LogP contribution in [0, 0.1) is 0 Å². The second-order valence-electron chi connectivity index (χ2n) is 9.77. The van der Waals surface area contributed by atoms with Crippen LogP contribution in [0.4, 0.5) is 11.4 Å². The highest BCUT2D eigenvalue weighted by molar-refractivity contribution is 8.15. The summed E-state index contributed by atoms with van der Waals surface area (Å²) in [5.74, 6) is 1.45. The number of carbonyl (C=O) groups is 2. The third-order valence-corrected chi connectivity index (χ3v) is 8.10. The first-order chi connectivity index (χ1) is 20.4. The Kier molecular flexibility index (Phi) is 11.5. The summed E-state index contributed by atoms with van der Waals surface area (Å²) >= 11 is 7.32. The minimum absolute atomic E-state index is 0.0301. The first kappa shape index (κ1) is 31.3. The predicted octanol–water partition coefficient (Wildman–Crippen LogP) is 7.48. The van der Waals surface area contributed by atoms with Crippen molar-refractivity contribution in [3.8, 4) is 17.2 Å². The van der Waals surface area contributed by atoms with Gasteiger partial charge in [0.2, 0.25) is 11.8 Å². The van der Waals surface area contributed by atoms with Gasteiger partial charge in [0.25, 0.3) is 0 Å².